The van der Waals surface area contributed by atoms with Crippen LogP contribution in [0.4, 0.5) is 17.1 Å². The Morgan fingerprint density at radius 3 is 0.988 bits per heavy atom. The van der Waals surface area contributed by atoms with Gasteiger partial charge in [-0.05, 0) is 165 Å². The summed E-state index contributed by atoms with van der Waals surface area (Å²) < 4.78 is 7.22. The van der Waals surface area contributed by atoms with Crippen molar-refractivity contribution in [1.82, 2.24) is 13.7 Å². The first-order valence-electron chi connectivity index (χ1n) is 29.5. The third-order valence-corrected chi connectivity index (χ3v) is 18.3. The Morgan fingerprint density at radius 1 is 0.235 bits per heavy atom. The molecule has 1 aliphatic rings. The van der Waals surface area contributed by atoms with Gasteiger partial charge in [-0.25, -0.2) is 0 Å². The lowest BCUT2D eigenvalue weighted by Gasteiger charge is -2.28. The lowest BCUT2D eigenvalue weighted by Crippen LogP contribution is -2.17. The minimum atomic E-state index is -0.270. The van der Waals surface area contributed by atoms with Crippen molar-refractivity contribution in [3.05, 3.63) is 314 Å². The van der Waals surface area contributed by atoms with Crippen molar-refractivity contribution >= 4 is 82.5 Å². The normalized spacial score (nSPS) is 12.7. The number of hydrogen-bond acceptors (Lipinski definition) is 1. The number of benzene rings is 13. The molecule has 0 atom stereocenters. The van der Waals surface area contributed by atoms with E-state index in [2.05, 4.69) is 336 Å². The predicted molar refractivity (Wildman–Crippen MR) is 358 cm³/mol. The van der Waals surface area contributed by atoms with E-state index in [4.69, 9.17) is 0 Å². The summed E-state index contributed by atoms with van der Waals surface area (Å²) in [5.41, 5.74) is 26.1. The first-order chi connectivity index (χ1) is 41.9. The van der Waals surface area contributed by atoms with Gasteiger partial charge in [0.05, 0.1) is 33.1 Å². The molecule has 0 saturated heterocycles. The van der Waals surface area contributed by atoms with E-state index < -0.39 is 0 Å². The zero-order chi connectivity index (χ0) is 56.3. The molecule has 4 heteroatoms. The highest BCUT2D eigenvalue weighted by Crippen LogP contribution is 2.52. The van der Waals surface area contributed by atoms with Gasteiger partial charge in [0.2, 0.25) is 0 Å². The van der Waals surface area contributed by atoms with Gasteiger partial charge in [0, 0.05) is 71.9 Å². The van der Waals surface area contributed by atoms with Gasteiger partial charge < -0.3 is 18.6 Å². The van der Waals surface area contributed by atoms with Crippen LogP contribution in [0.1, 0.15) is 25.0 Å². The van der Waals surface area contributed by atoms with E-state index in [1.807, 2.05) is 0 Å². The fourth-order valence-electron chi connectivity index (χ4n) is 14.1. The molecule has 3 heterocycles. The Labute approximate surface area is 493 Å². The number of aromatic nitrogens is 3. The Kier molecular flexibility index (Phi) is 10.9. The molecular formula is C81H56N4. The van der Waals surface area contributed by atoms with Gasteiger partial charge >= 0.3 is 0 Å². The highest BCUT2D eigenvalue weighted by atomic mass is 15.1. The standard InChI is InChI=1S/C81H56N4/c1-81(2)73-51-63(43-47-65(73)66-48-44-64(52-74(66)81)85-77-27-15-9-21-67(77)68-22-10-16-28-78(68)85)82(62-41-35-56(36-42-62)58-38-46-72-70-24-12-14-26-76(70)84(80(72)50-58)60-19-7-4-8-20-60)61-39-33-54(34-40-61)53-29-31-55(32-30-53)57-37-45-71-69-23-11-13-25-75(69)83(79(71)49-57)59-17-5-3-6-18-59/h3-52H,1-2H3. The topological polar surface area (TPSA) is 18.0 Å². The molecule has 85 heavy (non-hydrogen) atoms. The summed E-state index contributed by atoms with van der Waals surface area (Å²) in [7, 11) is 0. The van der Waals surface area contributed by atoms with Crippen LogP contribution in [0.25, 0.3) is 127 Å². The molecule has 0 radical (unpaired) electrons. The lowest BCUT2D eigenvalue weighted by atomic mass is 9.82. The van der Waals surface area contributed by atoms with E-state index in [0.29, 0.717) is 0 Å². The van der Waals surface area contributed by atoms with Crippen molar-refractivity contribution in [3.8, 4) is 61.6 Å². The zero-order valence-electron chi connectivity index (χ0n) is 47.2. The lowest BCUT2D eigenvalue weighted by molar-refractivity contribution is 0.660. The second kappa shape index (κ2) is 19.1. The van der Waals surface area contributed by atoms with E-state index in [9.17, 15) is 0 Å². The number of fused-ring (bicyclic) bond motifs is 12. The number of nitrogens with zero attached hydrogens (tertiary/aromatic N) is 4. The van der Waals surface area contributed by atoms with Gasteiger partial charge in [-0.3, -0.25) is 0 Å². The maximum Gasteiger partial charge on any atom is 0.0547 e. The van der Waals surface area contributed by atoms with Crippen molar-refractivity contribution in [2.24, 2.45) is 0 Å². The molecule has 0 N–H and O–H groups in total. The summed E-state index contributed by atoms with van der Waals surface area (Å²) in [6.07, 6.45) is 0. The van der Waals surface area contributed by atoms with Crippen LogP contribution in [-0.2, 0) is 5.41 Å². The third kappa shape index (κ3) is 7.69. The monoisotopic (exact) mass is 1080 g/mol. The summed E-state index contributed by atoms with van der Waals surface area (Å²) >= 11 is 0. The molecule has 0 spiro atoms. The van der Waals surface area contributed by atoms with Gasteiger partial charge in [0.1, 0.15) is 0 Å². The van der Waals surface area contributed by atoms with Crippen molar-refractivity contribution in [3.63, 3.8) is 0 Å². The Morgan fingerprint density at radius 2 is 0.553 bits per heavy atom. The van der Waals surface area contributed by atoms with Gasteiger partial charge in [0.25, 0.3) is 0 Å². The summed E-state index contributed by atoms with van der Waals surface area (Å²) in [4.78, 5) is 2.43. The summed E-state index contributed by atoms with van der Waals surface area (Å²) in [6, 6.07) is 112. The predicted octanol–water partition coefficient (Wildman–Crippen LogP) is 21.8. The van der Waals surface area contributed by atoms with Crippen LogP contribution >= 0.6 is 0 Å². The van der Waals surface area contributed by atoms with Gasteiger partial charge in [-0.15, -0.1) is 0 Å². The first kappa shape index (κ1) is 48.7. The Hall–Kier alpha value is -10.9. The third-order valence-electron chi connectivity index (χ3n) is 18.3. The van der Waals surface area contributed by atoms with Crippen molar-refractivity contribution in [2.75, 3.05) is 4.90 Å². The number of para-hydroxylation sites is 6. The molecule has 16 aromatic rings. The fraction of sp³-hybridized carbons (Fsp3) is 0.0370. The van der Waals surface area contributed by atoms with Crippen molar-refractivity contribution < 1.29 is 0 Å². The molecule has 0 amide bonds. The second-order valence-corrected chi connectivity index (χ2v) is 23.3. The van der Waals surface area contributed by atoms with Crippen LogP contribution in [-0.4, -0.2) is 13.7 Å². The van der Waals surface area contributed by atoms with Crippen LogP contribution in [0, 0.1) is 0 Å². The molecular weight excluding hydrogens is 1030 g/mol. The molecule has 400 valence electrons. The van der Waals surface area contributed by atoms with Crippen LogP contribution in [0.3, 0.4) is 0 Å². The molecule has 4 nitrogen and oxygen atoms in total. The maximum atomic E-state index is 2.45. The van der Waals surface area contributed by atoms with Crippen LogP contribution in [0.15, 0.2) is 303 Å². The Balaban J connectivity index is 0.741. The van der Waals surface area contributed by atoms with Crippen LogP contribution in [0.2, 0.25) is 0 Å². The number of hydrogen-bond donors (Lipinski definition) is 0. The molecule has 13 aromatic carbocycles. The van der Waals surface area contributed by atoms with E-state index in [1.54, 1.807) is 0 Å². The highest BCUT2D eigenvalue weighted by molar-refractivity contribution is 6.12. The van der Waals surface area contributed by atoms with Crippen LogP contribution < -0.4 is 4.90 Å². The minimum absolute atomic E-state index is 0.270. The molecule has 0 saturated carbocycles. The molecule has 1 aliphatic carbocycles. The summed E-state index contributed by atoms with van der Waals surface area (Å²) in [5, 5.41) is 7.56. The molecule has 3 aromatic heterocycles. The average molecular weight is 1090 g/mol. The minimum Gasteiger partial charge on any atom is -0.310 e. The second-order valence-electron chi connectivity index (χ2n) is 23.3. The first-order valence-corrected chi connectivity index (χ1v) is 29.5. The summed E-state index contributed by atoms with van der Waals surface area (Å²) in [6.45, 7) is 4.79. The van der Waals surface area contributed by atoms with Crippen LogP contribution in [0.5, 0.6) is 0 Å². The van der Waals surface area contributed by atoms with Crippen molar-refractivity contribution in [2.45, 2.75) is 19.3 Å². The van der Waals surface area contributed by atoms with E-state index in [-0.39, 0.29) is 5.41 Å². The highest BCUT2D eigenvalue weighted by Gasteiger charge is 2.37. The smallest absolute Gasteiger partial charge is 0.0547 e. The molecule has 0 fully saturated rings. The number of rotatable bonds is 9. The maximum absolute atomic E-state index is 2.45. The Bertz CT molecular complexity index is 5240. The molecule has 0 bridgehead atoms. The van der Waals surface area contributed by atoms with Gasteiger partial charge in [-0.2, -0.15) is 0 Å². The quantitative estimate of drug-likeness (QED) is 0.141. The van der Waals surface area contributed by atoms with Gasteiger partial charge in [-0.1, -0.05) is 208 Å². The SMILES string of the molecule is CC1(C)c2cc(N(c3ccc(-c4ccc(-c5ccc6c7ccccc7n(-c7ccccc7)c6c5)cc4)cc3)c3ccc(-c4ccc5c6ccccc6n(-c6ccccc6)c5c4)cc3)ccc2-c2ccc(-n3c4ccccc4c4ccccc43)cc21. The van der Waals surface area contributed by atoms with Crippen molar-refractivity contribution in [1.29, 1.82) is 0 Å². The molecule has 0 aliphatic heterocycles. The zero-order valence-corrected chi connectivity index (χ0v) is 47.2. The largest absolute Gasteiger partial charge is 0.310 e. The molecule has 17 rings (SSSR count). The van der Waals surface area contributed by atoms with E-state index >= 15 is 0 Å². The average Bonchev–Trinajstić information content (AvgIpc) is 1.80. The van der Waals surface area contributed by atoms with E-state index in [1.165, 1.54) is 116 Å². The molecule has 0 unspecified atom stereocenters. The van der Waals surface area contributed by atoms with Gasteiger partial charge in [0.15, 0.2) is 0 Å². The van der Waals surface area contributed by atoms with E-state index in [0.717, 1.165) is 39.6 Å². The fourth-order valence-corrected chi connectivity index (χ4v) is 14.1. The number of anilines is 3. The summed E-state index contributed by atoms with van der Waals surface area (Å²) in [5.74, 6) is 0.